The van der Waals surface area contributed by atoms with E-state index in [4.69, 9.17) is 9.47 Å². The number of rotatable bonds is 3. The van der Waals surface area contributed by atoms with E-state index < -0.39 is 24.0 Å². The van der Waals surface area contributed by atoms with Crippen LogP contribution in [0.2, 0.25) is 0 Å². The molecule has 2 heterocycles. The van der Waals surface area contributed by atoms with Gasteiger partial charge in [0, 0.05) is 15.2 Å². The molecule has 1 saturated heterocycles. The molecule has 0 amide bonds. The van der Waals surface area contributed by atoms with E-state index in [1.807, 2.05) is 30.3 Å². The van der Waals surface area contributed by atoms with Crippen molar-refractivity contribution in [3.8, 4) is 0 Å². The molecule has 21 heavy (non-hydrogen) atoms. The van der Waals surface area contributed by atoms with Crippen LogP contribution in [-0.2, 0) is 19.1 Å². The van der Waals surface area contributed by atoms with E-state index in [1.54, 1.807) is 6.92 Å². The molecule has 0 saturated carbocycles. The zero-order valence-electron chi connectivity index (χ0n) is 11.5. The van der Waals surface area contributed by atoms with Crippen molar-refractivity contribution in [3.05, 3.63) is 47.4 Å². The van der Waals surface area contributed by atoms with Crippen LogP contribution in [0.15, 0.2) is 42.5 Å². The molecular weight excluding hydrogens is 288 g/mol. The number of hydrogen-bond donors (Lipinski definition) is 0. The first-order valence-electron chi connectivity index (χ1n) is 6.66. The summed E-state index contributed by atoms with van der Waals surface area (Å²) in [5, 5.41) is 1.08. The molecule has 0 bridgehead atoms. The maximum Gasteiger partial charge on any atom is 0.348 e. The predicted molar refractivity (Wildman–Crippen MR) is 80.2 cm³/mol. The first-order chi connectivity index (χ1) is 10.1. The largest absolute Gasteiger partial charge is 0.463 e. The van der Waals surface area contributed by atoms with Crippen LogP contribution in [0.1, 0.15) is 17.7 Å². The Balaban J connectivity index is 2.01. The molecule has 1 aliphatic rings. The molecule has 2 aromatic rings. The van der Waals surface area contributed by atoms with Crippen molar-refractivity contribution in [1.82, 2.24) is 0 Å². The van der Waals surface area contributed by atoms with Crippen molar-refractivity contribution in [2.24, 2.45) is 0 Å². The highest BCUT2D eigenvalue weighted by molar-refractivity contribution is 7.19. The number of benzene rings is 1. The third-order valence-electron chi connectivity index (χ3n) is 3.44. The van der Waals surface area contributed by atoms with E-state index in [0.29, 0.717) is 5.57 Å². The Morgan fingerprint density at radius 2 is 2.19 bits per heavy atom. The first-order valence-corrected chi connectivity index (χ1v) is 7.48. The number of fused-ring (bicyclic) bond motifs is 1. The van der Waals surface area contributed by atoms with Gasteiger partial charge >= 0.3 is 11.9 Å². The lowest BCUT2D eigenvalue weighted by atomic mass is 9.95. The highest BCUT2D eigenvalue weighted by atomic mass is 32.1. The van der Waals surface area contributed by atoms with Gasteiger partial charge in [-0.25, -0.2) is 9.59 Å². The number of cyclic esters (lactones) is 1. The zero-order chi connectivity index (χ0) is 15.0. The number of thiophene rings is 1. The number of hydrogen-bond acceptors (Lipinski definition) is 5. The third kappa shape index (κ3) is 2.34. The Hall–Kier alpha value is -2.14. The number of carbonyl (C=O) groups excluding carboxylic acids is 2. The summed E-state index contributed by atoms with van der Waals surface area (Å²) < 4.78 is 11.2. The summed E-state index contributed by atoms with van der Waals surface area (Å²) in [6.45, 7) is 5.75. The number of carbonyl (C=O) groups is 2. The second-order valence-electron chi connectivity index (χ2n) is 4.77. The van der Waals surface area contributed by atoms with Crippen molar-refractivity contribution in [2.75, 3.05) is 6.61 Å². The van der Waals surface area contributed by atoms with Crippen LogP contribution in [0.3, 0.4) is 0 Å². The van der Waals surface area contributed by atoms with Gasteiger partial charge in [-0.05, 0) is 24.4 Å². The summed E-state index contributed by atoms with van der Waals surface area (Å²) >= 11 is 1.54. The van der Waals surface area contributed by atoms with Gasteiger partial charge in [0.2, 0.25) is 6.10 Å². The van der Waals surface area contributed by atoms with Gasteiger partial charge in [0.15, 0.2) is 0 Å². The van der Waals surface area contributed by atoms with Gasteiger partial charge in [0.05, 0.1) is 12.5 Å². The molecule has 108 valence electrons. The van der Waals surface area contributed by atoms with Crippen molar-refractivity contribution >= 4 is 33.4 Å². The van der Waals surface area contributed by atoms with Crippen LogP contribution in [0.5, 0.6) is 0 Å². The SMILES string of the molecule is C=C1C(=O)OC(C(=O)OCC)C1c1cc2ccccc2s1. The maximum absolute atomic E-state index is 12.0. The molecule has 5 heteroatoms. The number of esters is 2. The molecule has 0 N–H and O–H groups in total. The smallest absolute Gasteiger partial charge is 0.348 e. The van der Waals surface area contributed by atoms with Crippen LogP contribution in [0.25, 0.3) is 10.1 Å². The lowest BCUT2D eigenvalue weighted by Gasteiger charge is -2.14. The fourth-order valence-electron chi connectivity index (χ4n) is 2.45. The average Bonchev–Trinajstić information content (AvgIpc) is 3.01. The van der Waals surface area contributed by atoms with Crippen molar-refractivity contribution in [2.45, 2.75) is 18.9 Å². The molecule has 0 spiro atoms. The van der Waals surface area contributed by atoms with Crippen molar-refractivity contribution < 1.29 is 19.1 Å². The zero-order valence-corrected chi connectivity index (χ0v) is 12.3. The van der Waals surface area contributed by atoms with E-state index in [0.717, 1.165) is 15.0 Å². The van der Waals surface area contributed by atoms with Crippen LogP contribution >= 0.6 is 11.3 Å². The van der Waals surface area contributed by atoms with Gasteiger partial charge < -0.3 is 9.47 Å². The molecule has 3 rings (SSSR count). The Morgan fingerprint density at radius 1 is 1.43 bits per heavy atom. The third-order valence-corrected chi connectivity index (χ3v) is 4.64. The monoisotopic (exact) mass is 302 g/mol. The van der Waals surface area contributed by atoms with E-state index in [9.17, 15) is 9.59 Å². The van der Waals surface area contributed by atoms with E-state index in [-0.39, 0.29) is 6.61 Å². The molecule has 2 atom stereocenters. The summed E-state index contributed by atoms with van der Waals surface area (Å²) in [6.07, 6.45) is -0.932. The van der Waals surface area contributed by atoms with Gasteiger partial charge in [0.25, 0.3) is 0 Å². The number of ether oxygens (including phenoxy) is 2. The second-order valence-corrected chi connectivity index (χ2v) is 5.88. The van der Waals surface area contributed by atoms with Gasteiger partial charge in [0.1, 0.15) is 0 Å². The highest BCUT2D eigenvalue weighted by Crippen LogP contribution is 2.41. The minimum Gasteiger partial charge on any atom is -0.463 e. The molecule has 1 aromatic heterocycles. The topological polar surface area (TPSA) is 52.6 Å². The quantitative estimate of drug-likeness (QED) is 0.646. The van der Waals surface area contributed by atoms with Crippen LogP contribution < -0.4 is 0 Å². The predicted octanol–water partition coefficient (Wildman–Crippen LogP) is 3.03. The minimum absolute atomic E-state index is 0.249. The van der Waals surface area contributed by atoms with Gasteiger partial charge in [-0.3, -0.25) is 0 Å². The van der Waals surface area contributed by atoms with Crippen molar-refractivity contribution in [3.63, 3.8) is 0 Å². The van der Waals surface area contributed by atoms with Crippen LogP contribution in [0.4, 0.5) is 0 Å². The molecular formula is C16H14O4S. The van der Waals surface area contributed by atoms with Gasteiger partial charge in [-0.15, -0.1) is 11.3 Å². The summed E-state index contributed by atoms with van der Waals surface area (Å²) in [6, 6.07) is 9.88. The normalized spacial score (nSPS) is 21.6. The molecule has 1 fully saturated rings. The Bertz CT molecular complexity index is 698. The van der Waals surface area contributed by atoms with Crippen molar-refractivity contribution in [1.29, 1.82) is 0 Å². The van der Waals surface area contributed by atoms with E-state index in [1.165, 1.54) is 11.3 Å². The first kappa shape index (κ1) is 13.8. The Labute approximate surface area is 126 Å². The van der Waals surface area contributed by atoms with Gasteiger partial charge in [-0.1, -0.05) is 24.8 Å². The molecule has 2 unspecified atom stereocenters. The molecule has 0 radical (unpaired) electrons. The van der Waals surface area contributed by atoms with Crippen LogP contribution in [-0.4, -0.2) is 24.6 Å². The average molecular weight is 302 g/mol. The molecule has 1 aliphatic heterocycles. The molecule has 1 aromatic carbocycles. The molecule has 0 aliphatic carbocycles. The maximum atomic E-state index is 12.0. The Kier molecular flexibility index (Phi) is 3.51. The molecule has 4 nitrogen and oxygen atoms in total. The summed E-state index contributed by atoms with van der Waals surface area (Å²) in [7, 11) is 0. The van der Waals surface area contributed by atoms with Gasteiger partial charge in [-0.2, -0.15) is 0 Å². The summed E-state index contributed by atoms with van der Waals surface area (Å²) in [4.78, 5) is 24.7. The van der Waals surface area contributed by atoms with E-state index in [2.05, 4.69) is 6.58 Å². The fraction of sp³-hybridized carbons (Fsp3) is 0.250. The summed E-state index contributed by atoms with van der Waals surface area (Å²) in [5.41, 5.74) is 0.305. The fourth-order valence-corrected chi connectivity index (χ4v) is 3.68. The summed E-state index contributed by atoms with van der Waals surface area (Å²) in [5.74, 6) is -1.52. The lowest BCUT2D eigenvalue weighted by Crippen LogP contribution is -2.27. The van der Waals surface area contributed by atoms with Crippen LogP contribution in [0, 0.1) is 0 Å². The lowest BCUT2D eigenvalue weighted by molar-refractivity contribution is -0.161. The standard InChI is InChI=1S/C16H14O4S/c1-3-19-16(18)14-13(9(2)15(17)20-14)12-8-10-6-4-5-7-11(10)21-12/h4-8,13-14H,2-3H2,1H3. The second kappa shape index (κ2) is 5.33. The Morgan fingerprint density at radius 3 is 2.90 bits per heavy atom. The van der Waals surface area contributed by atoms with E-state index >= 15 is 0 Å². The minimum atomic E-state index is -0.932. The highest BCUT2D eigenvalue weighted by Gasteiger charge is 2.45.